The molecule has 0 unspecified atom stereocenters. The van der Waals surface area contributed by atoms with Gasteiger partial charge in [-0.05, 0) is 15.9 Å². The summed E-state index contributed by atoms with van der Waals surface area (Å²) in [4.78, 5) is 13.8. The molecule has 7 heteroatoms. The summed E-state index contributed by atoms with van der Waals surface area (Å²) in [5.41, 5.74) is -0.886. The van der Waals surface area contributed by atoms with Crippen LogP contribution in [-0.2, 0) is 0 Å². The van der Waals surface area contributed by atoms with Crippen LogP contribution in [0.1, 0.15) is 22.5 Å². The van der Waals surface area contributed by atoms with Crippen LogP contribution in [0.2, 0.25) is 5.02 Å². The predicted octanol–water partition coefficient (Wildman–Crippen LogP) is 3.13. The van der Waals surface area contributed by atoms with Gasteiger partial charge in [0.15, 0.2) is 0 Å². The van der Waals surface area contributed by atoms with Crippen molar-refractivity contribution in [2.45, 2.75) is 6.43 Å². The van der Waals surface area contributed by atoms with Gasteiger partial charge in [-0.15, -0.1) is 0 Å². The zero-order chi connectivity index (χ0) is 10.9. The molecular weight excluding hydrogens is 283 g/mol. The minimum absolute atomic E-state index is 0.0861. The Labute approximate surface area is 90.8 Å². The number of carboxylic acids is 1. The van der Waals surface area contributed by atoms with Crippen molar-refractivity contribution in [3.63, 3.8) is 0 Å². The fraction of sp³-hybridized carbons (Fsp3) is 0.143. The molecule has 14 heavy (non-hydrogen) atoms. The van der Waals surface area contributed by atoms with Crippen molar-refractivity contribution in [2.24, 2.45) is 0 Å². The van der Waals surface area contributed by atoms with Crippen molar-refractivity contribution in [1.82, 2.24) is 4.98 Å². The van der Waals surface area contributed by atoms with Crippen molar-refractivity contribution in [3.05, 3.63) is 26.9 Å². The lowest BCUT2D eigenvalue weighted by molar-refractivity contribution is 0.0694. The molecule has 0 aliphatic carbocycles. The molecule has 0 aromatic carbocycles. The van der Waals surface area contributed by atoms with Gasteiger partial charge in [-0.1, -0.05) is 11.6 Å². The Hall–Kier alpha value is -0.750. The Bertz CT molecular complexity index is 386. The van der Waals surface area contributed by atoms with Crippen LogP contribution in [-0.4, -0.2) is 16.1 Å². The molecule has 0 bridgehead atoms. The number of carboxylic acid groups (broad SMARTS) is 1. The number of hydrogen-bond acceptors (Lipinski definition) is 2. The first-order valence-electron chi connectivity index (χ1n) is 3.30. The fourth-order valence-electron chi connectivity index (χ4n) is 0.779. The third kappa shape index (κ3) is 2.01. The van der Waals surface area contributed by atoms with E-state index >= 15 is 0 Å². The monoisotopic (exact) mass is 285 g/mol. The topological polar surface area (TPSA) is 50.2 Å². The highest BCUT2D eigenvalue weighted by molar-refractivity contribution is 9.10. The molecule has 0 spiro atoms. The van der Waals surface area contributed by atoms with Crippen LogP contribution >= 0.6 is 27.5 Å². The van der Waals surface area contributed by atoms with E-state index in [1.807, 2.05) is 0 Å². The molecule has 1 aromatic heterocycles. The van der Waals surface area contributed by atoms with E-state index in [4.69, 9.17) is 16.7 Å². The summed E-state index contributed by atoms with van der Waals surface area (Å²) >= 11 is 8.30. The van der Waals surface area contributed by atoms with Crippen molar-refractivity contribution in [2.75, 3.05) is 0 Å². The van der Waals surface area contributed by atoms with Gasteiger partial charge >= 0.3 is 5.97 Å². The fourth-order valence-corrected chi connectivity index (χ4v) is 1.49. The summed E-state index contributed by atoms with van der Waals surface area (Å²) in [7, 11) is 0. The average molecular weight is 286 g/mol. The van der Waals surface area contributed by atoms with Gasteiger partial charge in [0.2, 0.25) is 0 Å². The number of halogens is 4. The Morgan fingerprint density at radius 3 is 2.64 bits per heavy atom. The third-order valence-electron chi connectivity index (χ3n) is 1.42. The molecule has 0 radical (unpaired) electrons. The predicted molar refractivity (Wildman–Crippen MR) is 48.9 cm³/mol. The van der Waals surface area contributed by atoms with Gasteiger partial charge in [0.05, 0.1) is 15.1 Å². The molecule has 0 aliphatic heterocycles. The number of alkyl halides is 2. The largest absolute Gasteiger partial charge is 0.478 e. The highest BCUT2D eigenvalue weighted by atomic mass is 79.9. The molecule has 76 valence electrons. The number of hydrogen-bond donors (Lipinski definition) is 1. The van der Waals surface area contributed by atoms with E-state index in [0.717, 1.165) is 6.20 Å². The Morgan fingerprint density at radius 2 is 2.21 bits per heavy atom. The first-order valence-corrected chi connectivity index (χ1v) is 4.47. The first-order chi connectivity index (χ1) is 6.45. The summed E-state index contributed by atoms with van der Waals surface area (Å²) in [6.07, 6.45) is -2.00. The van der Waals surface area contributed by atoms with Crippen molar-refractivity contribution < 1.29 is 18.7 Å². The highest BCUT2D eigenvalue weighted by Crippen LogP contribution is 2.33. The zero-order valence-electron chi connectivity index (χ0n) is 6.47. The Morgan fingerprint density at radius 1 is 1.64 bits per heavy atom. The molecule has 1 heterocycles. The summed E-state index contributed by atoms with van der Waals surface area (Å²) in [6, 6.07) is 0. The molecule has 0 fully saturated rings. The van der Waals surface area contributed by atoms with E-state index < -0.39 is 18.1 Å². The van der Waals surface area contributed by atoms with Gasteiger partial charge in [-0.25, -0.2) is 13.6 Å². The Balaban J connectivity index is 3.33. The quantitative estimate of drug-likeness (QED) is 0.908. The van der Waals surface area contributed by atoms with Crippen LogP contribution in [0.3, 0.4) is 0 Å². The second-order valence-electron chi connectivity index (χ2n) is 2.29. The van der Waals surface area contributed by atoms with E-state index in [-0.39, 0.29) is 15.1 Å². The molecule has 1 aromatic rings. The zero-order valence-corrected chi connectivity index (χ0v) is 8.81. The van der Waals surface area contributed by atoms with E-state index in [1.54, 1.807) is 0 Å². The SMILES string of the molecule is O=C(O)c1cnc(C(F)F)c(Cl)c1Br. The summed E-state index contributed by atoms with van der Waals surface area (Å²) in [5.74, 6) is -1.29. The van der Waals surface area contributed by atoms with Gasteiger partial charge in [0.1, 0.15) is 5.69 Å². The van der Waals surface area contributed by atoms with Gasteiger partial charge in [-0.3, -0.25) is 4.98 Å². The van der Waals surface area contributed by atoms with E-state index in [1.165, 1.54) is 0 Å². The van der Waals surface area contributed by atoms with Gasteiger partial charge in [-0.2, -0.15) is 0 Å². The molecule has 0 amide bonds. The molecule has 1 rings (SSSR count). The molecule has 1 N–H and O–H groups in total. The summed E-state index contributed by atoms with van der Waals surface area (Å²) in [6.45, 7) is 0. The van der Waals surface area contributed by atoms with E-state index in [0.29, 0.717) is 0 Å². The molecule has 0 atom stereocenters. The lowest BCUT2D eigenvalue weighted by Crippen LogP contribution is -2.02. The van der Waals surface area contributed by atoms with Gasteiger partial charge in [0, 0.05) is 6.20 Å². The summed E-state index contributed by atoms with van der Waals surface area (Å²) in [5, 5.41) is 8.23. The number of pyridine rings is 1. The van der Waals surface area contributed by atoms with Crippen LogP contribution in [0.4, 0.5) is 8.78 Å². The minimum Gasteiger partial charge on any atom is -0.478 e. The second kappa shape index (κ2) is 4.18. The van der Waals surface area contributed by atoms with Gasteiger partial charge < -0.3 is 5.11 Å². The lowest BCUT2D eigenvalue weighted by Gasteiger charge is -2.05. The minimum atomic E-state index is -2.83. The summed E-state index contributed by atoms with van der Waals surface area (Å²) < 4.78 is 24.4. The number of nitrogens with zero attached hydrogens (tertiary/aromatic N) is 1. The first kappa shape index (κ1) is 11.3. The van der Waals surface area contributed by atoms with Gasteiger partial charge in [0.25, 0.3) is 6.43 Å². The van der Waals surface area contributed by atoms with Crippen LogP contribution in [0.25, 0.3) is 0 Å². The van der Waals surface area contributed by atoms with Crippen molar-refractivity contribution in [3.8, 4) is 0 Å². The smallest absolute Gasteiger partial charge is 0.338 e. The number of aromatic carboxylic acids is 1. The molecule has 0 saturated carbocycles. The second-order valence-corrected chi connectivity index (χ2v) is 3.46. The number of carbonyl (C=O) groups is 1. The molecule has 0 aliphatic rings. The van der Waals surface area contributed by atoms with E-state index in [2.05, 4.69) is 20.9 Å². The van der Waals surface area contributed by atoms with Crippen molar-refractivity contribution >= 4 is 33.5 Å². The maximum Gasteiger partial charge on any atom is 0.338 e. The normalized spacial score (nSPS) is 10.6. The van der Waals surface area contributed by atoms with Crippen LogP contribution in [0.15, 0.2) is 10.7 Å². The molecule has 0 saturated heterocycles. The van der Waals surface area contributed by atoms with Crippen LogP contribution < -0.4 is 0 Å². The lowest BCUT2D eigenvalue weighted by atomic mass is 10.2. The third-order valence-corrected chi connectivity index (χ3v) is 2.86. The van der Waals surface area contributed by atoms with E-state index in [9.17, 15) is 13.6 Å². The average Bonchev–Trinajstić information content (AvgIpc) is 2.08. The number of rotatable bonds is 2. The van der Waals surface area contributed by atoms with Crippen LogP contribution in [0, 0.1) is 0 Å². The maximum atomic E-state index is 12.2. The Kier molecular flexibility index (Phi) is 3.38. The number of aromatic nitrogens is 1. The molecule has 3 nitrogen and oxygen atoms in total. The standard InChI is InChI=1S/C7H3BrClF2NO2/c8-3-2(7(13)14)1-12-5(4(3)9)6(10)11/h1,6H,(H,13,14). The highest BCUT2D eigenvalue weighted by Gasteiger charge is 2.20. The van der Waals surface area contributed by atoms with Crippen molar-refractivity contribution in [1.29, 1.82) is 0 Å². The van der Waals surface area contributed by atoms with Crippen LogP contribution in [0.5, 0.6) is 0 Å². The maximum absolute atomic E-state index is 12.2. The molecular formula is C7H3BrClF2NO2.